The second kappa shape index (κ2) is 9.69. The summed E-state index contributed by atoms with van der Waals surface area (Å²) in [5.41, 5.74) is 2.26. The van der Waals surface area contributed by atoms with Crippen molar-refractivity contribution >= 4 is 23.3 Å². The molecule has 0 aliphatic heterocycles. The molecule has 34 heavy (non-hydrogen) atoms. The van der Waals surface area contributed by atoms with Crippen molar-refractivity contribution in [3.63, 3.8) is 0 Å². The highest BCUT2D eigenvalue weighted by molar-refractivity contribution is 6.31. The van der Waals surface area contributed by atoms with Crippen LogP contribution in [0.3, 0.4) is 0 Å². The Balaban J connectivity index is 1.32. The minimum Gasteiger partial charge on any atom is -0.471 e. The Bertz CT molecular complexity index is 1290. The van der Waals surface area contributed by atoms with Crippen molar-refractivity contribution in [3.8, 4) is 5.75 Å². The van der Waals surface area contributed by atoms with Gasteiger partial charge in [0.05, 0.1) is 6.54 Å². The smallest absolute Gasteiger partial charge is 0.277 e. The van der Waals surface area contributed by atoms with E-state index in [1.165, 1.54) is 17.7 Å². The highest BCUT2D eigenvalue weighted by Crippen LogP contribution is 2.24. The summed E-state index contributed by atoms with van der Waals surface area (Å²) in [6, 6.07) is 15.4. The maximum absolute atomic E-state index is 13.2. The number of rotatable bonds is 7. The molecule has 0 spiro atoms. The van der Waals surface area contributed by atoms with Crippen LogP contribution in [0.1, 0.15) is 42.4 Å². The first kappa shape index (κ1) is 23.5. The molecule has 0 atom stereocenters. The third-order valence-corrected chi connectivity index (χ3v) is 5.54. The van der Waals surface area contributed by atoms with Crippen LogP contribution in [0, 0.1) is 5.82 Å². The molecular formula is C25H25ClFN5O2. The van der Waals surface area contributed by atoms with Crippen LogP contribution in [-0.4, -0.2) is 25.5 Å². The van der Waals surface area contributed by atoms with Gasteiger partial charge in [-0.1, -0.05) is 50.6 Å². The van der Waals surface area contributed by atoms with E-state index in [1.807, 2.05) is 24.3 Å². The van der Waals surface area contributed by atoms with Gasteiger partial charge in [0.1, 0.15) is 11.6 Å². The van der Waals surface area contributed by atoms with Gasteiger partial charge in [-0.05, 0) is 46.9 Å². The maximum Gasteiger partial charge on any atom is 0.277 e. The second-order valence-corrected chi connectivity index (χ2v) is 9.28. The van der Waals surface area contributed by atoms with Crippen molar-refractivity contribution in [2.45, 2.75) is 39.5 Å². The average Bonchev–Trinajstić information content (AvgIpc) is 3.43. The number of nitrogens with one attached hydrogen (secondary N) is 1. The topological polar surface area (TPSA) is 74.0 Å². The quantitative estimate of drug-likeness (QED) is 0.378. The molecule has 1 N–H and O–H groups in total. The van der Waals surface area contributed by atoms with Crippen molar-refractivity contribution in [3.05, 3.63) is 94.7 Å². The van der Waals surface area contributed by atoms with Crippen LogP contribution in [0.25, 0.3) is 0 Å². The summed E-state index contributed by atoms with van der Waals surface area (Å²) in [6.45, 7) is 6.99. The van der Waals surface area contributed by atoms with Crippen LogP contribution in [0.4, 0.5) is 10.2 Å². The molecule has 2 heterocycles. The molecule has 0 bridgehead atoms. The van der Waals surface area contributed by atoms with Crippen LogP contribution in [-0.2, 0) is 18.7 Å². The zero-order valence-corrected chi connectivity index (χ0v) is 19.9. The lowest BCUT2D eigenvalue weighted by molar-refractivity contribution is 0.101. The Labute approximate surface area is 202 Å². The van der Waals surface area contributed by atoms with E-state index < -0.39 is 11.7 Å². The van der Waals surface area contributed by atoms with E-state index in [0.29, 0.717) is 17.4 Å². The van der Waals surface area contributed by atoms with Gasteiger partial charge >= 0.3 is 0 Å². The van der Waals surface area contributed by atoms with Crippen LogP contribution >= 0.6 is 11.6 Å². The minimum atomic E-state index is -0.398. The fourth-order valence-electron chi connectivity index (χ4n) is 3.27. The van der Waals surface area contributed by atoms with Gasteiger partial charge in [0.2, 0.25) is 0 Å². The number of carbonyl (C=O) groups excluding carboxylic acids is 1. The van der Waals surface area contributed by atoms with Crippen molar-refractivity contribution in [2.24, 2.45) is 0 Å². The number of halogens is 2. The number of ether oxygens (including phenoxy) is 1. The van der Waals surface area contributed by atoms with Gasteiger partial charge in [0.15, 0.2) is 18.2 Å². The van der Waals surface area contributed by atoms with Gasteiger partial charge in [-0.3, -0.25) is 9.48 Å². The molecule has 0 radical (unpaired) electrons. The molecule has 0 aliphatic carbocycles. The highest BCUT2D eigenvalue weighted by atomic mass is 35.5. The van der Waals surface area contributed by atoms with Crippen LogP contribution < -0.4 is 10.1 Å². The molecule has 2 aromatic heterocycles. The summed E-state index contributed by atoms with van der Waals surface area (Å²) < 4.78 is 22.1. The van der Waals surface area contributed by atoms with Crippen LogP contribution in [0.5, 0.6) is 5.75 Å². The number of aromatic nitrogens is 4. The molecule has 4 aromatic rings. The number of benzene rings is 2. The molecule has 2 aromatic carbocycles. The molecule has 7 nitrogen and oxygen atoms in total. The molecule has 0 saturated heterocycles. The minimum absolute atomic E-state index is 0.0760. The lowest BCUT2D eigenvalue weighted by atomic mass is 9.87. The SMILES string of the molecule is CC(C)(C)c1ccc(OCn2ccc(C(=O)Nc3ccn(Cc4ccc(F)cc4Cl)n3)n2)cc1. The number of amides is 1. The summed E-state index contributed by atoms with van der Waals surface area (Å²) in [5.74, 6) is 0.304. The van der Waals surface area contributed by atoms with Crippen LogP contribution in [0.2, 0.25) is 5.02 Å². The summed E-state index contributed by atoms with van der Waals surface area (Å²) in [7, 11) is 0. The predicted molar refractivity (Wildman–Crippen MR) is 129 cm³/mol. The maximum atomic E-state index is 13.2. The summed E-state index contributed by atoms with van der Waals surface area (Å²) in [4.78, 5) is 12.6. The van der Waals surface area contributed by atoms with E-state index in [0.717, 1.165) is 11.3 Å². The van der Waals surface area contributed by atoms with Gasteiger partial charge in [-0.15, -0.1) is 0 Å². The van der Waals surface area contributed by atoms with Crippen molar-refractivity contribution in [1.29, 1.82) is 0 Å². The fourth-order valence-corrected chi connectivity index (χ4v) is 3.49. The molecule has 4 rings (SSSR count). The number of hydrogen-bond acceptors (Lipinski definition) is 4. The number of nitrogens with zero attached hydrogens (tertiary/aromatic N) is 4. The van der Waals surface area contributed by atoms with Crippen molar-refractivity contribution < 1.29 is 13.9 Å². The average molecular weight is 482 g/mol. The number of hydrogen-bond donors (Lipinski definition) is 1. The molecule has 0 aliphatic rings. The third-order valence-electron chi connectivity index (χ3n) is 5.19. The van der Waals surface area contributed by atoms with E-state index in [9.17, 15) is 9.18 Å². The second-order valence-electron chi connectivity index (χ2n) is 8.88. The van der Waals surface area contributed by atoms with E-state index in [-0.39, 0.29) is 17.8 Å². The Morgan fingerprint density at radius 1 is 1.03 bits per heavy atom. The first-order valence-corrected chi connectivity index (χ1v) is 11.1. The van der Waals surface area contributed by atoms with Crippen molar-refractivity contribution in [2.75, 3.05) is 5.32 Å². The van der Waals surface area contributed by atoms with Gasteiger partial charge in [0.25, 0.3) is 5.91 Å². The molecule has 1 amide bonds. The normalized spacial score (nSPS) is 11.4. The van der Waals surface area contributed by atoms with E-state index in [1.54, 1.807) is 40.0 Å². The Hall–Kier alpha value is -3.65. The summed E-state index contributed by atoms with van der Waals surface area (Å²) in [5, 5.41) is 11.6. The first-order valence-electron chi connectivity index (χ1n) is 10.7. The monoisotopic (exact) mass is 481 g/mol. The van der Waals surface area contributed by atoms with Gasteiger partial charge in [-0.25, -0.2) is 9.07 Å². The summed E-state index contributed by atoms with van der Waals surface area (Å²) >= 11 is 6.07. The van der Waals surface area contributed by atoms with Crippen LogP contribution in [0.15, 0.2) is 67.0 Å². The molecule has 0 fully saturated rings. The highest BCUT2D eigenvalue weighted by Gasteiger charge is 2.14. The molecular weight excluding hydrogens is 457 g/mol. The van der Waals surface area contributed by atoms with Gasteiger partial charge < -0.3 is 10.1 Å². The number of carbonyl (C=O) groups is 1. The lowest BCUT2D eigenvalue weighted by Crippen LogP contribution is -2.15. The lowest BCUT2D eigenvalue weighted by Gasteiger charge is -2.19. The summed E-state index contributed by atoms with van der Waals surface area (Å²) in [6.07, 6.45) is 3.38. The van der Waals surface area contributed by atoms with E-state index >= 15 is 0 Å². The fraction of sp³-hybridized carbons (Fsp3) is 0.240. The molecule has 0 unspecified atom stereocenters. The standard InChI is InChI=1S/C25H25ClFN5O2/c1-25(2,3)18-5-8-20(9-6-18)34-16-32-12-10-22(29-32)24(33)28-23-11-13-31(30-23)15-17-4-7-19(27)14-21(17)26/h4-14H,15-16H2,1-3H3,(H,28,30,33). The molecule has 9 heteroatoms. The predicted octanol–water partition coefficient (Wildman–Crippen LogP) is 5.51. The Morgan fingerprint density at radius 2 is 1.76 bits per heavy atom. The van der Waals surface area contributed by atoms with Gasteiger partial charge in [0, 0.05) is 23.5 Å². The first-order chi connectivity index (χ1) is 16.2. The zero-order chi connectivity index (χ0) is 24.3. The Morgan fingerprint density at radius 3 is 2.47 bits per heavy atom. The largest absolute Gasteiger partial charge is 0.471 e. The van der Waals surface area contributed by atoms with Crippen molar-refractivity contribution in [1.82, 2.24) is 19.6 Å². The Kier molecular flexibility index (Phi) is 6.70. The number of anilines is 1. The van der Waals surface area contributed by atoms with E-state index in [2.05, 4.69) is 36.3 Å². The zero-order valence-electron chi connectivity index (χ0n) is 19.1. The van der Waals surface area contributed by atoms with E-state index in [4.69, 9.17) is 16.3 Å². The van der Waals surface area contributed by atoms with Gasteiger partial charge in [-0.2, -0.15) is 10.2 Å². The third kappa shape index (κ3) is 5.82. The molecule has 0 saturated carbocycles. The molecule has 176 valence electrons.